The molecule has 1 unspecified atom stereocenters. The third kappa shape index (κ3) is 7.08. The lowest BCUT2D eigenvalue weighted by molar-refractivity contribution is 0.0928. The van der Waals surface area contributed by atoms with Crippen molar-refractivity contribution in [2.45, 2.75) is 46.6 Å². The van der Waals surface area contributed by atoms with E-state index in [0.717, 1.165) is 53.3 Å². The minimum Gasteiger partial charge on any atom is -0.491 e. The lowest BCUT2D eigenvalue weighted by Gasteiger charge is -2.31. The summed E-state index contributed by atoms with van der Waals surface area (Å²) in [6, 6.07) is 7.55. The summed E-state index contributed by atoms with van der Waals surface area (Å²) >= 11 is 0. The van der Waals surface area contributed by atoms with Crippen molar-refractivity contribution in [3.8, 4) is 28.4 Å². The van der Waals surface area contributed by atoms with E-state index in [0.29, 0.717) is 49.5 Å². The molecule has 1 aromatic carbocycles. The number of carbonyl (C=O) groups is 1. The molecule has 0 aliphatic carbocycles. The highest BCUT2D eigenvalue weighted by Crippen LogP contribution is 2.34. The van der Waals surface area contributed by atoms with Crippen LogP contribution in [0.1, 0.15) is 36.8 Å². The number of aryl methyl sites for hydroxylation is 2. The third-order valence-corrected chi connectivity index (χ3v) is 7.09. The standard InChI is InChI=1S/C29H40N6O5/c1-6-38-29(37)35-12-10-21(11-13-35)15-31-27-18(2)26(25-19(3)34-40-20(25)4)32-28(33-27)22-8-7-9-24(14-22)39-17-23(36)16-30-5/h7-9,14,21,23,30,36H,6,10-13,15-17H2,1-5H3,(H,31,32,33). The van der Waals surface area contributed by atoms with Crippen LogP contribution in [0.15, 0.2) is 28.8 Å². The number of aliphatic hydroxyl groups excluding tert-OH is 1. The van der Waals surface area contributed by atoms with E-state index in [1.807, 2.05) is 52.0 Å². The number of rotatable bonds is 11. The first kappa shape index (κ1) is 29.3. The zero-order chi connectivity index (χ0) is 28.6. The predicted molar refractivity (Wildman–Crippen MR) is 152 cm³/mol. The molecule has 216 valence electrons. The topological polar surface area (TPSA) is 135 Å². The summed E-state index contributed by atoms with van der Waals surface area (Å²) in [6.45, 7) is 10.7. The molecular formula is C29H40N6O5. The molecule has 0 spiro atoms. The first-order valence-electron chi connectivity index (χ1n) is 13.8. The van der Waals surface area contributed by atoms with Crippen molar-refractivity contribution in [1.82, 2.24) is 25.3 Å². The SMILES string of the molecule is CCOC(=O)N1CCC(CNc2nc(-c3cccc(OCC(O)CNC)c3)nc(-c3c(C)noc3C)c2C)CC1. The van der Waals surface area contributed by atoms with E-state index in [1.165, 1.54) is 0 Å². The second kappa shape index (κ2) is 13.6. The molecule has 11 heteroatoms. The number of benzene rings is 1. The van der Waals surface area contributed by atoms with Gasteiger partial charge in [0.15, 0.2) is 5.82 Å². The number of aromatic nitrogens is 3. The number of ether oxygens (including phenoxy) is 2. The highest BCUT2D eigenvalue weighted by Gasteiger charge is 2.25. The molecule has 1 amide bonds. The molecular weight excluding hydrogens is 512 g/mol. The summed E-state index contributed by atoms with van der Waals surface area (Å²) in [7, 11) is 1.78. The Morgan fingerprint density at radius 3 is 2.67 bits per heavy atom. The number of nitrogens with zero attached hydrogens (tertiary/aromatic N) is 4. The Morgan fingerprint density at radius 1 is 1.23 bits per heavy atom. The Hall–Kier alpha value is -3.70. The molecule has 3 heterocycles. The van der Waals surface area contributed by atoms with Crippen molar-refractivity contribution in [3.63, 3.8) is 0 Å². The van der Waals surface area contributed by atoms with E-state index < -0.39 is 6.10 Å². The van der Waals surface area contributed by atoms with Gasteiger partial charge in [0, 0.05) is 37.3 Å². The van der Waals surface area contributed by atoms with E-state index in [9.17, 15) is 9.90 Å². The Balaban J connectivity index is 1.58. The maximum atomic E-state index is 12.1. The van der Waals surface area contributed by atoms with Gasteiger partial charge in [0.1, 0.15) is 30.0 Å². The lowest BCUT2D eigenvalue weighted by Crippen LogP contribution is -2.40. The van der Waals surface area contributed by atoms with Gasteiger partial charge in [0.2, 0.25) is 0 Å². The van der Waals surface area contributed by atoms with Gasteiger partial charge < -0.3 is 34.6 Å². The van der Waals surface area contributed by atoms with Crippen LogP contribution in [-0.2, 0) is 4.74 Å². The molecule has 1 fully saturated rings. The molecule has 1 aliphatic heterocycles. The summed E-state index contributed by atoms with van der Waals surface area (Å²) < 4.78 is 16.4. The van der Waals surface area contributed by atoms with Gasteiger partial charge in [0.25, 0.3) is 0 Å². The zero-order valence-corrected chi connectivity index (χ0v) is 24.0. The fourth-order valence-corrected chi connectivity index (χ4v) is 4.87. The highest BCUT2D eigenvalue weighted by atomic mass is 16.6. The van der Waals surface area contributed by atoms with E-state index in [1.54, 1.807) is 11.9 Å². The minimum absolute atomic E-state index is 0.172. The Kier molecular flexibility index (Phi) is 9.94. The van der Waals surface area contributed by atoms with E-state index in [-0.39, 0.29) is 12.7 Å². The van der Waals surface area contributed by atoms with Crippen molar-refractivity contribution in [3.05, 3.63) is 41.3 Å². The summed E-state index contributed by atoms with van der Waals surface area (Å²) in [5, 5.41) is 20.7. The van der Waals surface area contributed by atoms with Gasteiger partial charge in [0.05, 0.1) is 23.6 Å². The number of hydrogen-bond acceptors (Lipinski definition) is 10. The molecule has 40 heavy (non-hydrogen) atoms. The third-order valence-electron chi connectivity index (χ3n) is 7.09. The van der Waals surface area contributed by atoms with Crippen molar-refractivity contribution in [2.75, 3.05) is 51.8 Å². The van der Waals surface area contributed by atoms with Crippen LogP contribution in [0.25, 0.3) is 22.6 Å². The second-order valence-corrected chi connectivity index (χ2v) is 10.1. The van der Waals surface area contributed by atoms with Crippen LogP contribution in [0, 0.1) is 26.7 Å². The van der Waals surface area contributed by atoms with Crippen molar-refractivity contribution in [1.29, 1.82) is 0 Å². The van der Waals surface area contributed by atoms with Gasteiger partial charge in [-0.05, 0) is 65.6 Å². The fourth-order valence-electron chi connectivity index (χ4n) is 4.87. The molecule has 0 radical (unpaired) electrons. The summed E-state index contributed by atoms with van der Waals surface area (Å²) in [5.74, 6) is 2.99. The number of nitrogens with one attached hydrogen (secondary N) is 2. The average molecular weight is 553 g/mol. The highest BCUT2D eigenvalue weighted by molar-refractivity contribution is 5.74. The minimum atomic E-state index is -0.615. The predicted octanol–water partition coefficient (Wildman–Crippen LogP) is 3.96. The van der Waals surface area contributed by atoms with Crippen LogP contribution in [-0.4, -0.2) is 83.8 Å². The number of hydrogen-bond donors (Lipinski definition) is 3. The molecule has 1 atom stereocenters. The van der Waals surface area contributed by atoms with Gasteiger partial charge in [-0.15, -0.1) is 0 Å². The van der Waals surface area contributed by atoms with Gasteiger partial charge in [-0.2, -0.15) is 0 Å². The molecule has 3 aromatic rings. The first-order valence-corrected chi connectivity index (χ1v) is 13.8. The van der Waals surface area contributed by atoms with Gasteiger partial charge in [-0.3, -0.25) is 0 Å². The van der Waals surface area contributed by atoms with Crippen LogP contribution >= 0.6 is 0 Å². The summed E-state index contributed by atoms with van der Waals surface area (Å²) in [4.78, 5) is 23.7. The lowest BCUT2D eigenvalue weighted by atomic mass is 9.97. The van der Waals surface area contributed by atoms with Crippen LogP contribution in [0.2, 0.25) is 0 Å². The molecule has 11 nitrogen and oxygen atoms in total. The molecule has 1 saturated heterocycles. The summed E-state index contributed by atoms with van der Waals surface area (Å²) in [5.41, 5.74) is 4.08. The number of anilines is 1. The van der Waals surface area contributed by atoms with Gasteiger partial charge in [-0.1, -0.05) is 17.3 Å². The Labute approximate surface area is 235 Å². The number of likely N-dealkylation sites (tertiary alicyclic amines) is 1. The number of piperidine rings is 1. The number of aliphatic hydroxyl groups is 1. The Morgan fingerprint density at radius 2 is 2.00 bits per heavy atom. The van der Waals surface area contributed by atoms with Gasteiger partial charge in [-0.25, -0.2) is 14.8 Å². The van der Waals surface area contributed by atoms with E-state index in [4.69, 9.17) is 24.0 Å². The van der Waals surface area contributed by atoms with Crippen LogP contribution in [0.3, 0.4) is 0 Å². The Bertz CT molecular complexity index is 1270. The molecule has 2 aromatic heterocycles. The number of carbonyl (C=O) groups excluding carboxylic acids is 1. The molecule has 0 saturated carbocycles. The quantitative estimate of drug-likeness (QED) is 0.321. The van der Waals surface area contributed by atoms with Gasteiger partial charge >= 0.3 is 6.09 Å². The van der Waals surface area contributed by atoms with Crippen molar-refractivity contribution < 1.29 is 23.9 Å². The van der Waals surface area contributed by atoms with Crippen LogP contribution in [0.4, 0.5) is 10.6 Å². The first-order chi connectivity index (χ1) is 19.3. The maximum absolute atomic E-state index is 12.1. The normalized spacial score (nSPS) is 14.7. The second-order valence-electron chi connectivity index (χ2n) is 10.1. The fraction of sp³-hybridized carbons (Fsp3) is 0.517. The van der Waals surface area contributed by atoms with E-state index in [2.05, 4.69) is 15.8 Å². The van der Waals surface area contributed by atoms with Crippen molar-refractivity contribution >= 4 is 11.9 Å². The molecule has 0 bridgehead atoms. The number of likely N-dealkylation sites (N-methyl/N-ethyl adjacent to an activating group) is 1. The smallest absolute Gasteiger partial charge is 0.409 e. The monoisotopic (exact) mass is 552 g/mol. The maximum Gasteiger partial charge on any atom is 0.409 e. The van der Waals surface area contributed by atoms with E-state index >= 15 is 0 Å². The number of amides is 1. The van der Waals surface area contributed by atoms with Crippen LogP contribution < -0.4 is 15.4 Å². The molecule has 3 N–H and O–H groups in total. The summed E-state index contributed by atoms with van der Waals surface area (Å²) in [6.07, 6.45) is 0.920. The van der Waals surface area contributed by atoms with Crippen LogP contribution in [0.5, 0.6) is 5.75 Å². The zero-order valence-electron chi connectivity index (χ0n) is 24.0. The molecule has 4 rings (SSSR count). The average Bonchev–Trinajstić information content (AvgIpc) is 3.29. The van der Waals surface area contributed by atoms with Crippen molar-refractivity contribution in [2.24, 2.45) is 5.92 Å². The largest absolute Gasteiger partial charge is 0.491 e. The molecule has 1 aliphatic rings.